The molecule has 0 aliphatic rings. The highest BCUT2D eigenvalue weighted by molar-refractivity contribution is 5.82. The number of nitrogens with one attached hydrogen (secondary N) is 1. The summed E-state index contributed by atoms with van der Waals surface area (Å²) in [6, 6.07) is 6.57. The summed E-state index contributed by atoms with van der Waals surface area (Å²) in [6.07, 6.45) is 1.95. The first-order valence-corrected chi connectivity index (χ1v) is 5.21. The number of hydrogen-bond donors (Lipinski definition) is 1. The van der Waals surface area contributed by atoms with Gasteiger partial charge in [0.2, 0.25) is 0 Å². The molecular formula is C13H16N2. The average Bonchev–Trinajstić information content (AvgIpc) is 2.17. The minimum Gasteiger partial charge on any atom is -0.316 e. The van der Waals surface area contributed by atoms with Crippen LogP contribution in [-0.2, 0) is 6.54 Å². The highest BCUT2D eigenvalue weighted by Crippen LogP contribution is 2.19. The zero-order valence-corrected chi connectivity index (χ0v) is 9.46. The van der Waals surface area contributed by atoms with Gasteiger partial charge in [-0.2, -0.15) is 0 Å². The smallest absolute Gasteiger partial charge is 0.0731 e. The molecule has 1 heterocycles. The van der Waals surface area contributed by atoms with E-state index in [1.54, 1.807) is 0 Å². The van der Waals surface area contributed by atoms with Gasteiger partial charge in [-0.1, -0.05) is 11.6 Å². The minimum atomic E-state index is 0.871. The van der Waals surface area contributed by atoms with Crippen molar-refractivity contribution in [1.82, 2.24) is 10.3 Å². The summed E-state index contributed by atoms with van der Waals surface area (Å²) in [5, 5.41) is 4.37. The lowest BCUT2D eigenvalue weighted by Gasteiger charge is -2.06. The van der Waals surface area contributed by atoms with E-state index in [0.29, 0.717) is 0 Å². The number of benzene rings is 1. The normalized spacial score (nSPS) is 10.9. The zero-order valence-electron chi connectivity index (χ0n) is 9.46. The molecule has 15 heavy (non-hydrogen) atoms. The highest BCUT2D eigenvalue weighted by Gasteiger charge is 2.01. The van der Waals surface area contributed by atoms with E-state index in [1.807, 2.05) is 13.2 Å². The SMILES string of the molecule is CNCc1cnc2c(C)cc(C)cc2c1. The second-order valence-electron chi connectivity index (χ2n) is 4.03. The molecule has 0 saturated carbocycles. The van der Waals surface area contributed by atoms with Crippen LogP contribution in [-0.4, -0.2) is 12.0 Å². The Labute approximate surface area is 90.3 Å². The molecule has 0 radical (unpaired) electrons. The van der Waals surface area contributed by atoms with Crippen molar-refractivity contribution < 1.29 is 0 Å². The third kappa shape index (κ3) is 2.00. The van der Waals surface area contributed by atoms with Gasteiger partial charge >= 0.3 is 0 Å². The Morgan fingerprint density at radius 1 is 1.20 bits per heavy atom. The predicted octanol–water partition coefficient (Wildman–Crippen LogP) is 2.57. The number of pyridine rings is 1. The van der Waals surface area contributed by atoms with E-state index in [-0.39, 0.29) is 0 Å². The van der Waals surface area contributed by atoms with Gasteiger partial charge in [-0.05, 0) is 44.2 Å². The second-order valence-corrected chi connectivity index (χ2v) is 4.03. The summed E-state index contributed by atoms with van der Waals surface area (Å²) in [7, 11) is 1.95. The standard InChI is InChI=1S/C13H16N2/c1-9-4-10(2)13-12(5-9)6-11(7-14-3)8-15-13/h4-6,8,14H,7H2,1-3H3. The van der Waals surface area contributed by atoms with Crippen molar-refractivity contribution in [2.45, 2.75) is 20.4 Å². The molecule has 0 spiro atoms. The van der Waals surface area contributed by atoms with Crippen LogP contribution in [0.2, 0.25) is 0 Å². The van der Waals surface area contributed by atoms with Gasteiger partial charge in [-0.3, -0.25) is 4.98 Å². The van der Waals surface area contributed by atoms with Crippen molar-refractivity contribution in [3.63, 3.8) is 0 Å². The summed E-state index contributed by atoms with van der Waals surface area (Å²) < 4.78 is 0. The third-order valence-electron chi connectivity index (χ3n) is 2.56. The number of aryl methyl sites for hydroxylation is 2. The Bertz CT molecular complexity index is 489. The average molecular weight is 200 g/mol. The number of nitrogens with zero attached hydrogens (tertiary/aromatic N) is 1. The molecule has 1 aromatic heterocycles. The molecular weight excluding hydrogens is 184 g/mol. The maximum Gasteiger partial charge on any atom is 0.0731 e. The van der Waals surface area contributed by atoms with Crippen LogP contribution < -0.4 is 5.32 Å². The topological polar surface area (TPSA) is 24.9 Å². The lowest BCUT2D eigenvalue weighted by Crippen LogP contribution is -2.05. The van der Waals surface area contributed by atoms with E-state index < -0.39 is 0 Å². The maximum absolute atomic E-state index is 4.50. The molecule has 0 fully saturated rings. The number of rotatable bonds is 2. The maximum atomic E-state index is 4.50. The van der Waals surface area contributed by atoms with Crippen LogP contribution in [0.15, 0.2) is 24.4 Å². The Morgan fingerprint density at radius 3 is 2.73 bits per heavy atom. The van der Waals surface area contributed by atoms with Gasteiger partial charge < -0.3 is 5.32 Å². The van der Waals surface area contributed by atoms with Gasteiger partial charge in [0.25, 0.3) is 0 Å². The highest BCUT2D eigenvalue weighted by atomic mass is 14.8. The number of hydrogen-bond acceptors (Lipinski definition) is 2. The fourth-order valence-electron chi connectivity index (χ4n) is 1.96. The van der Waals surface area contributed by atoms with Gasteiger partial charge in [-0.25, -0.2) is 0 Å². The van der Waals surface area contributed by atoms with Gasteiger partial charge in [-0.15, -0.1) is 0 Å². The minimum absolute atomic E-state index is 0.871. The molecule has 2 aromatic rings. The molecule has 0 atom stereocenters. The summed E-state index contributed by atoms with van der Waals surface area (Å²) >= 11 is 0. The van der Waals surface area contributed by atoms with Crippen molar-refractivity contribution >= 4 is 10.9 Å². The quantitative estimate of drug-likeness (QED) is 0.806. The molecule has 0 aliphatic heterocycles. The van der Waals surface area contributed by atoms with Crippen LogP contribution >= 0.6 is 0 Å². The van der Waals surface area contributed by atoms with E-state index in [4.69, 9.17) is 0 Å². The first kappa shape index (κ1) is 10.1. The van der Waals surface area contributed by atoms with Gasteiger partial charge in [0, 0.05) is 18.1 Å². The summed E-state index contributed by atoms with van der Waals surface area (Å²) in [6.45, 7) is 5.10. The lowest BCUT2D eigenvalue weighted by atomic mass is 10.1. The van der Waals surface area contributed by atoms with Crippen molar-refractivity contribution in [3.8, 4) is 0 Å². The van der Waals surface area contributed by atoms with Crippen LogP contribution in [0.5, 0.6) is 0 Å². The van der Waals surface area contributed by atoms with Gasteiger partial charge in [0.15, 0.2) is 0 Å². The molecule has 0 unspecified atom stereocenters. The molecule has 0 saturated heterocycles. The fraction of sp³-hybridized carbons (Fsp3) is 0.308. The van der Waals surface area contributed by atoms with E-state index in [0.717, 1.165) is 12.1 Å². The van der Waals surface area contributed by atoms with E-state index >= 15 is 0 Å². The van der Waals surface area contributed by atoms with Crippen LogP contribution in [0.25, 0.3) is 10.9 Å². The molecule has 0 aliphatic carbocycles. The Morgan fingerprint density at radius 2 is 2.00 bits per heavy atom. The molecule has 0 bridgehead atoms. The first-order valence-electron chi connectivity index (χ1n) is 5.21. The summed E-state index contributed by atoms with van der Waals surface area (Å²) in [5.41, 5.74) is 4.89. The monoisotopic (exact) mass is 200 g/mol. The van der Waals surface area contributed by atoms with E-state index in [9.17, 15) is 0 Å². The van der Waals surface area contributed by atoms with Crippen molar-refractivity contribution in [2.24, 2.45) is 0 Å². The van der Waals surface area contributed by atoms with E-state index in [1.165, 1.54) is 22.1 Å². The molecule has 2 nitrogen and oxygen atoms in total. The number of fused-ring (bicyclic) bond motifs is 1. The largest absolute Gasteiger partial charge is 0.316 e. The molecule has 1 N–H and O–H groups in total. The first-order chi connectivity index (χ1) is 7.20. The predicted molar refractivity (Wildman–Crippen MR) is 64.0 cm³/mol. The van der Waals surface area contributed by atoms with Crippen LogP contribution in [0, 0.1) is 13.8 Å². The molecule has 2 rings (SSSR count). The Hall–Kier alpha value is -1.41. The molecule has 2 heteroatoms. The van der Waals surface area contributed by atoms with Gasteiger partial charge in [0.1, 0.15) is 0 Å². The third-order valence-corrected chi connectivity index (χ3v) is 2.56. The van der Waals surface area contributed by atoms with Crippen LogP contribution in [0.3, 0.4) is 0 Å². The summed E-state index contributed by atoms with van der Waals surface area (Å²) in [5.74, 6) is 0. The van der Waals surface area contributed by atoms with Crippen molar-refractivity contribution in [3.05, 3.63) is 41.1 Å². The molecule has 78 valence electrons. The zero-order chi connectivity index (χ0) is 10.8. The van der Waals surface area contributed by atoms with Gasteiger partial charge in [0.05, 0.1) is 5.52 Å². The van der Waals surface area contributed by atoms with Crippen LogP contribution in [0.4, 0.5) is 0 Å². The number of aromatic nitrogens is 1. The fourth-order valence-corrected chi connectivity index (χ4v) is 1.96. The van der Waals surface area contributed by atoms with Crippen LogP contribution in [0.1, 0.15) is 16.7 Å². The molecule has 0 amide bonds. The van der Waals surface area contributed by atoms with E-state index in [2.05, 4.69) is 42.3 Å². The second kappa shape index (κ2) is 3.99. The van der Waals surface area contributed by atoms with Crippen molar-refractivity contribution in [2.75, 3.05) is 7.05 Å². The Kier molecular flexibility index (Phi) is 2.69. The molecule has 1 aromatic carbocycles. The summed E-state index contributed by atoms with van der Waals surface area (Å²) in [4.78, 5) is 4.50. The Balaban J connectivity index is 2.60. The lowest BCUT2D eigenvalue weighted by molar-refractivity contribution is 0.815. The van der Waals surface area contributed by atoms with Crippen molar-refractivity contribution in [1.29, 1.82) is 0 Å².